The van der Waals surface area contributed by atoms with Gasteiger partial charge >= 0.3 is 0 Å². The van der Waals surface area contributed by atoms with Gasteiger partial charge in [0, 0.05) is 24.0 Å². The molecule has 3 nitrogen and oxygen atoms in total. The monoisotopic (exact) mass is 268 g/mol. The summed E-state index contributed by atoms with van der Waals surface area (Å²) in [4.78, 5) is 4.46. The molecule has 1 aromatic carbocycles. The first-order valence-corrected chi connectivity index (χ1v) is 7.16. The first-order valence-electron chi connectivity index (χ1n) is 7.16. The summed E-state index contributed by atoms with van der Waals surface area (Å²) in [5.74, 6) is 0. The second-order valence-corrected chi connectivity index (χ2v) is 5.64. The normalized spacial score (nSPS) is 20.9. The lowest BCUT2D eigenvalue weighted by Crippen LogP contribution is -2.25. The van der Waals surface area contributed by atoms with E-state index in [1.807, 2.05) is 30.5 Å². The number of fused-ring (bicyclic) bond motifs is 1. The van der Waals surface area contributed by atoms with Crippen molar-refractivity contribution in [3.63, 3.8) is 0 Å². The fourth-order valence-corrected chi connectivity index (χ4v) is 3.00. The smallest absolute Gasteiger partial charge is 0.0957 e. The molecule has 1 aliphatic carbocycles. The molecule has 0 saturated heterocycles. The van der Waals surface area contributed by atoms with Gasteiger partial charge in [-0.2, -0.15) is 0 Å². The van der Waals surface area contributed by atoms with Crippen molar-refractivity contribution in [1.29, 1.82) is 0 Å². The van der Waals surface area contributed by atoms with Crippen molar-refractivity contribution in [3.8, 4) is 0 Å². The molecule has 2 aromatic rings. The average Bonchev–Trinajstić information content (AvgIpc) is 2.76. The third kappa shape index (κ3) is 2.29. The summed E-state index contributed by atoms with van der Waals surface area (Å²) in [6.45, 7) is 2.11. The summed E-state index contributed by atoms with van der Waals surface area (Å²) >= 11 is 0. The zero-order valence-corrected chi connectivity index (χ0v) is 11.8. The van der Waals surface area contributed by atoms with Gasteiger partial charge in [-0.25, -0.2) is 0 Å². The Kier molecular flexibility index (Phi) is 3.22. The van der Waals surface area contributed by atoms with E-state index in [2.05, 4.69) is 18.0 Å². The van der Waals surface area contributed by atoms with Crippen LogP contribution in [0.15, 0.2) is 36.5 Å². The Labute approximate surface area is 119 Å². The van der Waals surface area contributed by atoms with Gasteiger partial charge in [0.1, 0.15) is 0 Å². The van der Waals surface area contributed by atoms with E-state index in [1.165, 1.54) is 5.56 Å². The number of nitrogens with zero attached hydrogens (tertiary/aromatic N) is 1. The number of aryl methyl sites for hydroxylation is 2. The Morgan fingerprint density at radius 2 is 2.15 bits per heavy atom. The lowest BCUT2D eigenvalue weighted by molar-refractivity contribution is 0.0380. The third-order valence-corrected chi connectivity index (χ3v) is 4.21. The quantitative estimate of drug-likeness (QED) is 0.841. The molecule has 3 heteroatoms. The van der Waals surface area contributed by atoms with Gasteiger partial charge in [-0.15, -0.1) is 0 Å². The highest BCUT2D eigenvalue weighted by Crippen LogP contribution is 2.39. The Morgan fingerprint density at radius 1 is 1.30 bits per heavy atom. The lowest BCUT2D eigenvalue weighted by Gasteiger charge is -2.23. The number of anilines is 1. The van der Waals surface area contributed by atoms with Gasteiger partial charge in [0.15, 0.2) is 0 Å². The summed E-state index contributed by atoms with van der Waals surface area (Å²) in [5, 5.41) is 10.9. The van der Waals surface area contributed by atoms with E-state index >= 15 is 0 Å². The second kappa shape index (κ2) is 4.91. The maximum atomic E-state index is 10.9. The highest BCUT2D eigenvalue weighted by atomic mass is 16.3. The van der Waals surface area contributed by atoms with Gasteiger partial charge in [-0.1, -0.05) is 19.1 Å². The topological polar surface area (TPSA) is 59.1 Å². The molecule has 3 N–H and O–H groups in total. The Bertz CT molecular complexity index is 621. The number of hydrogen-bond donors (Lipinski definition) is 2. The SMILES string of the molecule is CCc1ccc(CC2(O)CCc3cc(N)ccc32)nc1. The van der Waals surface area contributed by atoms with E-state index in [9.17, 15) is 5.11 Å². The summed E-state index contributed by atoms with van der Waals surface area (Å²) in [6.07, 6.45) is 5.07. The number of nitrogen functional groups attached to an aromatic ring is 1. The van der Waals surface area contributed by atoms with Gasteiger partial charge in [0.2, 0.25) is 0 Å². The van der Waals surface area contributed by atoms with Gasteiger partial charge in [-0.3, -0.25) is 4.98 Å². The van der Waals surface area contributed by atoms with Crippen LogP contribution in [-0.2, 0) is 24.9 Å². The summed E-state index contributed by atoms with van der Waals surface area (Å²) < 4.78 is 0. The van der Waals surface area contributed by atoms with Crippen LogP contribution in [0.3, 0.4) is 0 Å². The van der Waals surface area contributed by atoms with Gasteiger partial charge in [-0.05, 0) is 54.2 Å². The van der Waals surface area contributed by atoms with Crippen molar-refractivity contribution in [1.82, 2.24) is 4.98 Å². The molecular formula is C17H20N2O. The molecule has 3 rings (SSSR count). The number of aliphatic hydroxyl groups is 1. The lowest BCUT2D eigenvalue weighted by atomic mass is 9.90. The van der Waals surface area contributed by atoms with E-state index in [4.69, 9.17) is 5.73 Å². The Balaban J connectivity index is 1.87. The van der Waals surface area contributed by atoms with Crippen LogP contribution in [0.25, 0.3) is 0 Å². The molecule has 0 radical (unpaired) electrons. The highest BCUT2D eigenvalue weighted by Gasteiger charge is 2.37. The Hall–Kier alpha value is -1.87. The van der Waals surface area contributed by atoms with E-state index in [1.54, 1.807) is 0 Å². The second-order valence-electron chi connectivity index (χ2n) is 5.64. The minimum Gasteiger partial charge on any atom is -0.399 e. The van der Waals surface area contributed by atoms with Crippen molar-refractivity contribution in [3.05, 3.63) is 58.9 Å². The molecule has 0 aliphatic heterocycles. The third-order valence-electron chi connectivity index (χ3n) is 4.21. The molecule has 0 fully saturated rings. The van der Waals surface area contributed by atoms with Crippen molar-refractivity contribution >= 4 is 5.69 Å². The molecule has 0 spiro atoms. The molecule has 1 unspecified atom stereocenters. The van der Waals surface area contributed by atoms with Crippen LogP contribution in [0, 0.1) is 0 Å². The van der Waals surface area contributed by atoms with Crippen LogP contribution in [0.2, 0.25) is 0 Å². The minimum absolute atomic E-state index is 0.563. The summed E-state index contributed by atoms with van der Waals surface area (Å²) in [5.41, 5.74) is 10.1. The predicted octanol–water partition coefficient (Wildman–Crippen LogP) is 2.60. The predicted molar refractivity (Wildman–Crippen MR) is 80.4 cm³/mol. The van der Waals surface area contributed by atoms with E-state index in [0.29, 0.717) is 6.42 Å². The minimum atomic E-state index is -0.802. The van der Waals surface area contributed by atoms with Gasteiger partial charge in [0.05, 0.1) is 5.60 Å². The molecule has 20 heavy (non-hydrogen) atoms. The number of benzene rings is 1. The van der Waals surface area contributed by atoms with Crippen LogP contribution >= 0.6 is 0 Å². The van der Waals surface area contributed by atoms with Crippen molar-refractivity contribution in [2.75, 3.05) is 5.73 Å². The molecular weight excluding hydrogens is 248 g/mol. The molecule has 1 heterocycles. The fraction of sp³-hybridized carbons (Fsp3) is 0.353. The number of hydrogen-bond acceptors (Lipinski definition) is 3. The molecule has 1 atom stereocenters. The van der Waals surface area contributed by atoms with Crippen LogP contribution < -0.4 is 5.73 Å². The number of rotatable bonds is 3. The fourth-order valence-electron chi connectivity index (χ4n) is 3.00. The number of aromatic nitrogens is 1. The zero-order chi connectivity index (χ0) is 14.2. The zero-order valence-electron chi connectivity index (χ0n) is 11.8. The maximum Gasteiger partial charge on any atom is 0.0957 e. The molecule has 104 valence electrons. The highest BCUT2D eigenvalue weighted by molar-refractivity contribution is 5.49. The first kappa shape index (κ1) is 13.1. The first-order chi connectivity index (χ1) is 9.60. The van der Waals surface area contributed by atoms with Crippen molar-refractivity contribution in [2.24, 2.45) is 0 Å². The van der Waals surface area contributed by atoms with Crippen LogP contribution in [-0.4, -0.2) is 10.1 Å². The van der Waals surface area contributed by atoms with E-state index in [0.717, 1.165) is 41.8 Å². The summed E-state index contributed by atoms with van der Waals surface area (Å²) in [6, 6.07) is 9.90. The van der Waals surface area contributed by atoms with Crippen LogP contribution in [0.1, 0.15) is 35.7 Å². The molecule has 1 aromatic heterocycles. The Morgan fingerprint density at radius 3 is 2.85 bits per heavy atom. The van der Waals surface area contributed by atoms with Crippen LogP contribution in [0.5, 0.6) is 0 Å². The molecule has 0 saturated carbocycles. The molecule has 1 aliphatic rings. The van der Waals surface area contributed by atoms with E-state index < -0.39 is 5.60 Å². The maximum absolute atomic E-state index is 10.9. The number of pyridine rings is 1. The van der Waals surface area contributed by atoms with Gasteiger partial charge < -0.3 is 10.8 Å². The van der Waals surface area contributed by atoms with Gasteiger partial charge in [0.25, 0.3) is 0 Å². The van der Waals surface area contributed by atoms with Crippen molar-refractivity contribution in [2.45, 2.75) is 38.2 Å². The average molecular weight is 268 g/mol. The molecule has 0 bridgehead atoms. The largest absolute Gasteiger partial charge is 0.399 e. The van der Waals surface area contributed by atoms with Crippen molar-refractivity contribution < 1.29 is 5.11 Å². The molecule has 0 amide bonds. The standard InChI is InChI=1S/C17H20N2O/c1-2-12-3-5-15(19-11-12)10-17(20)8-7-13-9-14(18)4-6-16(13)17/h3-6,9,11,20H,2,7-8,10,18H2,1H3. The number of nitrogens with two attached hydrogens (primary N) is 1. The van der Waals surface area contributed by atoms with Crippen LogP contribution in [0.4, 0.5) is 5.69 Å². The van der Waals surface area contributed by atoms with E-state index in [-0.39, 0.29) is 0 Å². The summed E-state index contributed by atoms with van der Waals surface area (Å²) in [7, 11) is 0.